The zero-order valence-corrected chi connectivity index (χ0v) is 12.2. The van der Waals surface area contributed by atoms with Crippen molar-refractivity contribution >= 4 is 34.1 Å². The minimum Gasteiger partial charge on any atom is -0.334 e. The Balaban J connectivity index is 1.88. The SMILES string of the molecule is Cc1nc(NC(=O)NCc2cccc(Cl)c2)sc1C. The Hall–Kier alpha value is -1.59. The van der Waals surface area contributed by atoms with E-state index < -0.39 is 0 Å². The van der Waals surface area contributed by atoms with Gasteiger partial charge in [-0.1, -0.05) is 23.7 Å². The van der Waals surface area contributed by atoms with E-state index in [0.29, 0.717) is 16.7 Å². The highest BCUT2D eigenvalue weighted by Crippen LogP contribution is 2.20. The number of rotatable bonds is 3. The van der Waals surface area contributed by atoms with Crippen LogP contribution < -0.4 is 10.6 Å². The van der Waals surface area contributed by atoms with Gasteiger partial charge in [-0.2, -0.15) is 0 Å². The van der Waals surface area contributed by atoms with Crippen molar-refractivity contribution in [3.63, 3.8) is 0 Å². The van der Waals surface area contributed by atoms with Gasteiger partial charge in [-0.3, -0.25) is 5.32 Å². The molecule has 0 spiro atoms. The molecular formula is C13H14ClN3OS. The summed E-state index contributed by atoms with van der Waals surface area (Å²) in [6, 6.07) is 7.11. The van der Waals surface area contributed by atoms with Crippen LogP contribution in [0, 0.1) is 13.8 Å². The van der Waals surface area contributed by atoms with Gasteiger partial charge in [0.1, 0.15) is 0 Å². The number of carbonyl (C=O) groups is 1. The second-order valence-corrected chi connectivity index (χ2v) is 5.74. The van der Waals surface area contributed by atoms with Crippen molar-refractivity contribution in [2.24, 2.45) is 0 Å². The van der Waals surface area contributed by atoms with E-state index in [1.165, 1.54) is 11.3 Å². The number of aromatic nitrogens is 1. The number of amides is 2. The van der Waals surface area contributed by atoms with Crippen LogP contribution in [-0.4, -0.2) is 11.0 Å². The number of urea groups is 1. The molecule has 1 aromatic heterocycles. The number of carbonyl (C=O) groups excluding carboxylic acids is 1. The van der Waals surface area contributed by atoms with Crippen LogP contribution in [0.2, 0.25) is 5.02 Å². The molecule has 0 atom stereocenters. The lowest BCUT2D eigenvalue weighted by atomic mass is 10.2. The van der Waals surface area contributed by atoms with Crippen molar-refractivity contribution in [2.75, 3.05) is 5.32 Å². The van der Waals surface area contributed by atoms with E-state index in [2.05, 4.69) is 15.6 Å². The lowest BCUT2D eigenvalue weighted by molar-refractivity contribution is 0.251. The molecule has 0 aliphatic heterocycles. The highest BCUT2D eigenvalue weighted by atomic mass is 35.5. The molecule has 1 aromatic carbocycles. The highest BCUT2D eigenvalue weighted by molar-refractivity contribution is 7.15. The van der Waals surface area contributed by atoms with Gasteiger partial charge < -0.3 is 5.32 Å². The Bertz CT molecular complexity index is 578. The molecule has 1 heterocycles. The summed E-state index contributed by atoms with van der Waals surface area (Å²) in [4.78, 5) is 17.0. The van der Waals surface area contributed by atoms with Crippen LogP contribution in [0.15, 0.2) is 24.3 Å². The number of thiazole rings is 1. The Kier molecular flexibility index (Phi) is 4.39. The molecule has 100 valence electrons. The van der Waals surface area contributed by atoms with Crippen molar-refractivity contribution in [1.82, 2.24) is 10.3 Å². The van der Waals surface area contributed by atoms with Gasteiger partial charge in [-0.15, -0.1) is 11.3 Å². The Labute approximate surface area is 120 Å². The molecule has 19 heavy (non-hydrogen) atoms. The highest BCUT2D eigenvalue weighted by Gasteiger charge is 2.07. The van der Waals surface area contributed by atoms with Gasteiger partial charge in [0, 0.05) is 16.4 Å². The first-order valence-electron chi connectivity index (χ1n) is 5.78. The van der Waals surface area contributed by atoms with E-state index in [-0.39, 0.29) is 6.03 Å². The van der Waals surface area contributed by atoms with Crippen molar-refractivity contribution in [2.45, 2.75) is 20.4 Å². The quantitative estimate of drug-likeness (QED) is 0.906. The second-order valence-electron chi connectivity index (χ2n) is 4.10. The van der Waals surface area contributed by atoms with Gasteiger partial charge in [0.15, 0.2) is 5.13 Å². The number of nitrogens with zero attached hydrogens (tertiary/aromatic N) is 1. The monoisotopic (exact) mass is 295 g/mol. The molecule has 0 unspecified atom stereocenters. The first-order chi connectivity index (χ1) is 9.04. The first-order valence-corrected chi connectivity index (χ1v) is 6.97. The van der Waals surface area contributed by atoms with E-state index in [0.717, 1.165) is 16.1 Å². The summed E-state index contributed by atoms with van der Waals surface area (Å²) in [5, 5.41) is 6.74. The van der Waals surface area contributed by atoms with Crippen LogP contribution in [0.5, 0.6) is 0 Å². The molecule has 0 saturated heterocycles. The molecule has 6 heteroatoms. The van der Waals surface area contributed by atoms with Gasteiger partial charge in [0.25, 0.3) is 0 Å². The van der Waals surface area contributed by atoms with E-state index in [1.54, 1.807) is 6.07 Å². The van der Waals surface area contributed by atoms with E-state index in [1.807, 2.05) is 32.0 Å². The number of halogens is 1. The summed E-state index contributed by atoms with van der Waals surface area (Å²) in [5.74, 6) is 0. The predicted molar refractivity (Wildman–Crippen MR) is 78.9 cm³/mol. The van der Waals surface area contributed by atoms with E-state index in [9.17, 15) is 4.79 Å². The molecule has 2 rings (SSSR count). The minimum absolute atomic E-state index is 0.270. The summed E-state index contributed by atoms with van der Waals surface area (Å²) in [6.07, 6.45) is 0. The largest absolute Gasteiger partial charge is 0.334 e. The normalized spacial score (nSPS) is 10.3. The smallest absolute Gasteiger partial charge is 0.321 e. The standard InChI is InChI=1S/C13H14ClN3OS/c1-8-9(2)19-13(16-8)17-12(18)15-7-10-4-3-5-11(14)6-10/h3-6H,7H2,1-2H3,(H2,15,16,17,18). The average molecular weight is 296 g/mol. The third-order valence-electron chi connectivity index (χ3n) is 2.59. The maximum absolute atomic E-state index is 11.7. The molecule has 0 aliphatic carbocycles. The van der Waals surface area contributed by atoms with Crippen molar-refractivity contribution in [3.05, 3.63) is 45.4 Å². The van der Waals surface area contributed by atoms with Crippen molar-refractivity contribution < 1.29 is 4.79 Å². The molecular weight excluding hydrogens is 282 g/mol. The summed E-state index contributed by atoms with van der Waals surface area (Å²) in [7, 11) is 0. The van der Waals surface area contributed by atoms with Crippen LogP contribution in [0.1, 0.15) is 16.1 Å². The Morgan fingerprint density at radius 1 is 1.42 bits per heavy atom. The summed E-state index contributed by atoms with van der Waals surface area (Å²) >= 11 is 7.34. The number of hydrogen-bond donors (Lipinski definition) is 2. The maximum atomic E-state index is 11.7. The van der Waals surface area contributed by atoms with Crippen molar-refractivity contribution in [3.8, 4) is 0 Å². The summed E-state index contributed by atoms with van der Waals surface area (Å²) in [5.41, 5.74) is 1.89. The number of aryl methyl sites for hydroxylation is 2. The number of benzene rings is 1. The van der Waals surface area contributed by atoms with E-state index in [4.69, 9.17) is 11.6 Å². The lowest BCUT2D eigenvalue weighted by Gasteiger charge is -2.05. The lowest BCUT2D eigenvalue weighted by Crippen LogP contribution is -2.28. The molecule has 0 fully saturated rings. The topological polar surface area (TPSA) is 54.0 Å². The van der Waals surface area contributed by atoms with Crippen LogP contribution >= 0.6 is 22.9 Å². The zero-order chi connectivity index (χ0) is 13.8. The molecule has 0 bridgehead atoms. The summed E-state index contributed by atoms with van der Waals surface area (Å²) < 4.78 is 0. The van der Waals surface area contributed by atoms with Crippen LogP contribution in [0.4, 0.5) is 9.93 Å². The zero-order valence-electron chi connectivity index (χ0n) is 10.7. The van der Waals surface area contributed by atoms with Gasteiger partial charge in [-0.05, 0) is 31.5 Å². The third kappa shape index (κ3) is 3.94. The van der Waals surface area contributed by atoms with Gasteiger partial charge in [-0.25, -0.2) is 9.78 Å². The molecule has 0 aliphatic rings. The fraction of sp³-hybridized carbons (Fsp3) is 0.231. The number of anilines is 1. The van der Waals surface area contributed by atoms with E-state index >= 15 is 0 Å². The summed E-state index contributed by atoms with van der Waals surface area (Å²) in [6.45, 7) is 4.32. The van der Waals surface area contributed by atoms with Crippen LogP contribution in [0.3, 0.4) is 0 Å². The fourth-order valence-electron chi connectivity index (χ4n) is 1.50. The molecule has 0 radical (unpaired) electrons. The Morgan fingerprint density at radius 3 is 2.84 bits per heavy atom. The predicted octanol–water partition coefficient (Wildman–Crippen LogP) is 3.74. The third-order valence-corrected chi connectivity index (χ3v) is 3.81. The Morgan fingerprint density at radius 2 is 2.21 bits per heavy atom. The van der Waals surface area contributed by atoms with Gasteiger partial charge in [0.05, 0.1) is 5.69 Å². The molecule has 2 N–H and O–H groups in total. The maximum Gasteiger partial charge on any atom is 0.321 e. The molecule has 2 amide bonds. The van der Waals surface area contributed by atoms with Gasteiger partial charge in [0.2, 0.25) is 0 Å². The first kappa shape index (κ1) is 13.8. The molecule has 2 aromatic rings. The number of hydrogen-bond acceptors (Lipinski definition) is 3. The fourth-order valence-corrected chi connectivity index (χ4v) is 2.52. The van der Waals surface area contributed by atoms with Crippen LogP contribution in [0.25, 0.3) is 0 Å². The average Bonchev–Trinajstić information content (AvgIpc) is 2.66. The molecule has 0 saturated carbocycles. The minimum atomic E-state index is -0.270. The second kappa shape index (κ2) is 6.04. The number of nitrogens with one attached hydrogen (secondary N) is 2. The van der Waals surface area contributed by atoms with Crippen LogP contribution in [-0.2, 0) is 6.54 Å². The van der Waals surface area contributed by atoms with Crippen molar-refractivity contribution in [1.29, 1.82) is 0 Å². The molecule has 4 nitrogen and oxygen atoms in total. The van der Waals surface area contributed by atoms with Gasteiger partial charge >= 0.3 is 6.03 Å².